The minimum Gasteiger partial charge on any atom is -0.328 e. The first-order valence-corrected chi connectivity index (χ1v) is 7.23. The average Bonchev–Trinajstić information content (AvgIpc) is 3.09. The van der Waals surface area contributed by atoms with Gasteiger partial charge in [-0.15, -0.1) is 0 Å². The molecular formula is C15H23N3. The van der Waals surface area contributed by atoms with Gasteiger partial charge >= 0.3 is 0 Å². The van der Waals surface area contributed by atoms with Crippen LogP contribution < -0.4 is 5.73 Å². The Hall–Kier alpha value is -0.960. The van der Waals surface area contributed by atoms with Gasteiger partial charge in [0.1, 0.15) is 5.82 Å². The molecule has 0 aromatic carbocycles. The Morgan fingerprint density at radius 3 is 2.33 bits per heavy atom. The molecule has 1 heterocycles. The number of aromatic nitrogens is 2. The van der Waals surface area contributed by atoms with E-state index < -0.39 is 0 Å². The standard InChI is InChI=1S/C15H23N3/c1-9(16)7-13-8-10(2)17-15(18-13)14(11-3-4-11)12-5-6-12/h8-9,11-12,14H,3-7,16H2,1-2H3. The van der Waals surface area contributed by atoms with Crippen LogP contribution in [0.4, 0.5) is 0 Å². The molecule has 2 saturated carbocycles. The molecule has 1 unspecified atom stereocenters. The highest BCUT2D eigenvalue weighted by atomic mass is 14.9. The van der Waals surface area contributed by atoms with Crippen LogP contribution in [-0.4, -0.2) is 16.0 Å². The van der Waals surface area contributed by atoms with E-state index in [9.17, 15) is 0 Å². The first-order chi connectivity index (χ1) is 8.63. The number of hydrogen-bond acceptors (Lipinski definition) is 3. The minimum atomic E-state index is 0.174. The van der Waals surface area contributed by atoms with E-state index in [1.807, 2.05) is 6.92 Å². The summed E-state index contributed by atoms with van der Waals surface area (Å²) in [6.45, 7) is 4.11. The molecule has 1 aromatic rings. The van der Waals surface area contributed by atoms with Crippen molar-refractivity contribution in [2.24, 2.45) is 17.6 Å². The molecule has 2 aliphatic rings. The van der Waals surface area contributed by atoms with E-state index in [1.54, 1.807) is 0 Å². The van der Waals surface area contributed by atoms with Crippen molar-refractivity contribution in [2.45, 2.75) is 57.9 Å². The van der Waals surface area contributed by atoms with Crippen LogP contribution in [0.1, 0.15) is 55.7 Å². The Morgan fingerprint density at radius 2 is 1.83 bits per heavy atom. The molecule has 3 heteroatoms. The van der Waals surface area contributed by atoms with Crippen LogP contribution in [0.15, 0.2) is 6.07 Å². The van der Waals surface area contributed by atoms with E-state index in [2.05, 4.69) is 13.0 Å². The van der Waals surface area contributed by atoms with E-state index in [-0.39, 0.29) is 6.04 Å². The van der Waals surface area contributed by atoms with Gasteiger partial charge in [-0.2, -0.15) is 0 Å². The summed E-state index contributed by atoms with van der Waals surface area (Å²) < 4.78 is 0. The Kier molecular flexibility index (Phi) is 3.10. The molecule has 0 saturated heterocycles. The lowest BCUT2D eigenvalue weighted by atomic mass is 9.96. The van der Waals surface area contributed by atoms with E-state index in [4.69, 9.17) is 15.7 Å². The van der Waals surface area contributed by atoms with Crippen molar-refractivity contribution in [3.8, 4) is 0 Å². The maximum atomic E-state index is 5.88. The molecule has 3 nitrogen and oxygen atoms in total. The minimum absolute atomic E-state index is 0.174. The molecule has 3 rings (SSSR count). The van der Waals surface area contributed by atoms with Crippen LogP contribution in [0.25, 0.3) is 0 Å². The highest BCUT2D eigenvalue weighted by Gasteiger charge is 2.43. The van der Waals surface area contributed by atoms with E-state index in [0.29, 0.717) is 5.92 Å². The van der Waals surface area contributed by atoms with Crippen molar-refractivity contribution < 1.29 is 0 Å². The van der Waals surface area contributed by atoms with Gasteiger partial charge in [0, 0.05) is 29.8 Å². The van der Waals surface area contributed by atoms with E-state index in [1.165, 1.54) is 25.7 Å². The fourth-order valence-corrected chi connectivity index (χ4v) is 2.96. The molecule has 2 fully saturated rings. The molecule has 98 valence electrons. The fraction of sp³-hybridized carbons (Fsp3) is 0.733. The van der Waals surface area contributed by atoms with E-state index >= 15 is 0 Å². The van der Waals surface area contributed by atoms with Gasteiger partial charge in [0.25, 0.3) is 0 Å². The summed E-state index contributed by atoms with van der Waals surface area (Å²) in [5, 5.41) is 0. The Bertz CT molecular complexity index is 421. The predicted octanol–water partition coefficient (Wildman–Crippen LogP) is 2.58. The zero-order valence-electron chi connectivity index (χ0n) is 11.4. The van der Waals surface area contributed by atoms with Crippen molar-refractivity contribution in [1.82, 2.24) is 9.97 Å². The Morgan fingerprint density at radius 1 is 1.22 bits per heavy atom. The maximum Gasteiger partial charge on any atom is 0.132 e. The second-order valence-electron chi connectivity index (χ2n) is 6.24. The monoisotopic (exact) mass is 245 g/mol. The second-order valence-corrected chi connectivity index (χ2v) is 6.24. The summed E-state index contributed by atoms with van der Waals surface area (Å²) >= 11 is 0. The maximum absolute atomic E-state index is 5.88. The third-order valence-corrected chi connectivity index (χ3v) is 4.01. The lowest BCUT2D eigenvalue weighted by Crippen LogP contribution is -2.20. The third kappa shape index (κ3) is 2.72. The number of aryl methyl sites for hydroxylation is 1. The summed E-state index contributed by atoms with van der Waals surface area (Å²) in [5.74, 6) is 3.47. The van der Waals surface area contributed by atoms with Crippen molar-refractivity contribution in [2.75, 3.05) is 0 Å². The SMILES string of the molecule is Cc1cc(CC(C)N)nc(C(C2CC2)C2CC2)n1. The van der Waals surface area contributed by atoms with Gasteiger partial charge in [-0.05, 0) is 57.4 Å². The van der Waals surface area contributed by atoms with Crippen LogP contribution in [0.5, 0.6) is 0 Å². The normalized spacial score (nSPS) is 21.3. The van der Waals surface area contributed by atoms with Crippen LogP contribution in [0.3, 0.4) is 0 Å². The Labute approximate surface area is 109 Å². The molecule has 1 aromatic heterocycles. The number of hydrogen-bond donors (Lipinski definition) is 1. The second kappa shape index (κ2) is 4.61. The lowest BCUT2D eigenvalue weighted by Gasteiger charge is -2.16. The quantitative estimate of drug-likeness (QED) is 0.867. The largest absolute Gasteiger partial charge is 0.328 e. The summed E-state index contributed by atoms with van der Waals surface area (Å²) in [4.78, 5) is 9.52. The number of rotatable bonds is 5. The molecule has 0 radical (unpaired) electrons. The number of nitrogens with zero attached hydrogens (tertiary/aromatic N) is 2. The topological polar surface area (TPSA) is 51.8 Å². The van der Waals surface area contributed by atoms with Gasteiger partial charge in [-0.1, -0.05) is 0 Å². The average molecular weight is 245 g/mol. The zero-order valence-corrected chi connectivity index (χ0v) is 11.4. The van der Waals surface area contributed by atoms with Gasteiger partial charge in [0.05, 0.1) is 0 Å². The molecule has 2 aliphatic carbocycles. The van der Waals surface area contributed by atoms with Crippen molar-refractivity contribution in [3.63, 3.8) is 0 Å². The summed E-state index contributed by atoms with van der Waals surface area (Å²) in [7, 11) is 0. The van der Waals surface area contributed by atoms with Gasteiger partial charge in [-0.25, -0.2) is 9.97 Å². The molecule has 1 atom stereocenters. The van der Waals surface area contributed by atoms with Crippen LogP contribution >= 0.6 is 0 Å². The first-order valence-electron chi connectivity index (χ1n) is 7.23. The van der Waals surface area contributed by atoms with Gasteiger partial charge in [-0.3, -0.25) is 0 Å². The van der Waals surface area contributed by atoms with Gasteiger partial charge in [0.15, 0.2) is 0 Å². The van der Waals surface area contributed by atoms with Crippen LogP contribution in [0, 0.1) is 18.8 Å². The van der Waals surface area contributed by atoms with Crippen molar-refractivity contribution in [1.29, 1.82) is 0 Å². The molecule has 0 aliphatic heterocycles. The van der Waals surface area contributed by atoms with Crippen LogP contribution in [0.2, 0.25) is 0 Å². The molecule has 18 heavy (non-hydrogen) atoms. The van der Waals surface area contributed by atoms with Gasteiger partial charge in [0.2, 0.25) is 0 Å². The zero-order chi connectivity index (χ0) is 12.7. The van der Waals surface area contributed by atoms with Crippen molar-refractivity contribution in [3.05, 3.63) is 23.3 Å². The summed E-state index contributed by atoms with van der Waals surface area (Å²) in [6, 6.07) is 2.26. The summed E-state index contributed by atoms with van der Waals surface area (Å²) in [6.07, 6.45) is 6.36. The highest BCUT2D eigenvalue weighted by Crippen LogP contribution is 2.53. The first kappa shape index (κ1) is 12.1. The Balaban J connectivity index is 1.87. The molecule has 0 spiro atoms. The highest BCUT2D eigenvalue weighted by molar-refractivity contribution is 5.17. The summed E-state index contributed by atoms with van der Waals surface area (Å²) in [5.41, 5.74) is 8.11. The van der Waals surface area contributed by atoms with Crippen molar-refractivity contribution >= 4 is 0 Å². The lowest BCUT2D eigenvalue weighted by molar-refractivity contribution is 0.503. The fourth-order valence-electron chi connectivity index (χ4n) is 2.96. The molecule has 2 N–H and O–H groups in total. The van der Waals surface area contributed by atoms with Crippen LogP contribution in [-0.2, 0) is 6.42 Å². The van der Waals surface area contributed by atoms with Gasteiger partial charge < -0.3 is 5.73 Å². The molecular weight excluding hydrogens is 222 g/mol. The smallest absolute Gasteiger partial charge is 0.132 e. The third-order valence-electron chi connectivity index (χ3n) is 4.01. The van der Waals surface area contributed by atoms with E-state index in [0.717, 1.165) is 35.5 Å². The molecule has 0 bridgehead atoms. The predicted molar refractivity (Wildman–Crippen MR) is 72.3 cm³/mol. The number of nitrogens with two attached hydrogens (primary N) is 1. The molecule has 0 amide bonds.